The van der Waals surface area contributed by atoms with Crippen molar-refractivity contribution in [1.82, 2.24) is 9.88 Å². The van der Waals surface area contributed by atoms with E-state index >= 15 is 0 Å². The molecule has 0 bridgehead atoms. The summed E-state index contributed by atoms with van der Waals surface area (Å²) in [6.45, 7) is 0.153. The molecule has 3 N–H and O–H groups in total. The van der Waals surface area contributed by atoms with Crippen LogP contribution < -0.4 is 10.9 Å². The Kier molecular flexibility index (Phi) is 4.21. The van der Waals surface area contributed by atoms with Gasteiger partial charge in [-0.15, -0.1) is 0 Å². The number of halogens is 3. The van der Waals surface area contributed by atoms with E-state index in [4.69, 9.17) is 5.11 Å². The maximum absolute atomic E-state index is 12.6. The van der Waals surface area contributed by atoms with E-state index in [-0.39, 0.29) is 12.6 Å². The van der Waals surface area contributed by atoms with Crippen molar-refractivity contribution in [3.8, 4) is 0 Å². The molecule has 0 aliphatic carbocycles. The van der Waals surface area contributed by atoms with Crippen LogP contribution in [-0.2, 0) is 6.18 Å². The summed E-state index contributed by atoms with van der Waals surface area (Å²) in [6, 6.07) is -0.493. The summed E-state index contributed by atoms with van der Waals surface area (Å²) in [5.41, 5.74) is -2.35. The van der Waals surface area contributed by atoms with E-state index in [0.717, 1.165) is 0 Å². The van der Waals surface area contributed by atoms with Crippen LogP contribution in [-0.4, -0.2) is 40.2 Å². The Morgan fingerprint density at radius 3 is 2.86 bits per heavy atom. The molecule has 0 unspecified atom stereocenters. The number of nitrogens with one attached hydrogen (secondary N) is 2. The van der Waals surface area contributed by atoms with E-state index in [9.17, 15) is 22.8 Å². The van der Waals surface area contributed by atoms with Crippen LogP contribution >= 0.6 is 0 Å². The predicted molar refractivity (Wildman–Crippen MR) is 67.9 cm³/mol. The smallest absolute Gasteiger partial charge is 0.394 e. The van der Waals surface area contributed by atoms with Crippen LogP contribution in [0.4, 0.5) is 23.7 Å². The lowest BCUT2D eigenvalue weighted by atomic mass is 10.2. The molecule has 116 valence electrons. The van der Waals surface area contributed by atoms with Crippen molar-refractivity contribution in [3.05, 3.63) is 28.2 Å². The van der Waals surface area contributed by atoms with E-state index in [1.165, 1.54) is 4.90 Å². The standard InChI is InChI=1S/C12H14F3N3O3/c13-12(14,15)7-4-9(10(20)16-5-7)17-11(21)18-3-1-2-8(18)6-19/h4-5,8,19H,1-3,6H2,(H,16,20)(H,17,21)/t8-/m0/s1. The monoisotopic (exact) mass is 305 g/mol. The molecule has 1 aromatic rings. The van der Waals surface area contributed by atoms with Gasteiger partial charge in [0.2, 0.25) is 0 Å². The Morgan fingerprint density at radius 2 is 2.24 bits per heavy atom. The molecule has 0 aromatic carbocycles. The van der Waals surface area contributed by atoms with Gasteiger partial charge in [0.15, 0.2) is 0 Å². The van der Waals surface area contributed by atoms with Crippen molar-refractivity contribution >= 4 is 11.7 Å². The van der Waals surface area contributed by atoms with Gasteiger partial charge in [-0.25, -0.2) is 4.79 Å². The molecule has 9 heteroatoms. The second kappa shape index (κ2) is 5.76. The van der Waals surface area contributed by atoms with Crippen LogP contribution in [0, 0.1) is 0 Å². The summed E-state index contributed by atoms with van der Waals surface area (Å²) in [4.78, 5) is 26.7. The first kappa shape index (κ1) is 15.4. The number of aromatic amines is 1. The molecule has 1 aliphatic rings. The van der Waals surface area contributed by atoms with Gasteiger partial charge in [-0.3, -0.25) is 4.79 Å². The van der Waals surface area contributed by atoms with Gasteiger partial charge in [-0.1, -0.05) is 0 Å². The average molecular weight is 305 g/mol. The first-order valence-corrected chi connectivity index (χ1v) is 6.31. The predicted octanol–water partition coefficient (Wildman–Crippen LogP) is 1.38. The van der Waals surface area contributed by atoms with Crippen LogP contribution in [0.25, 0.3) is 0 Å². The van der Waals surface area contributed by atoms with Gasteiger partial charge in [0.05, 0.1) is 18.2 Å². The molecule has 0 spiro atoms. The lowest BCUT2D eigenvalue weighted by molar-refractivity contribution is -0.137. The second-order valence-corrected chi connectivity index (χ2v) is 4.73. The van der Waals surface area contributed by atoms with Gasteiger partial charge >= 0.3 is 12.2 Å². The molecular weight excluding hydrogens is 291 g/mol. The summed E-state index contributed by atoms with van der Waals surface area (Å²) < 4.78 is 37.7. The summed E-state index contributed by atoms with van der Waals surface area (Å²) in [7, 11) is 0. The molecule has 21 heavy (non-hydrogen) atoms. The number of nitrogens with zero attached hydrogens (tertiary/aromatic N) is 1. The van der Waals surface area contributed by atoms with Crippen LogP contribution in [0.5, 0.6) is 0 Å². The topological polar surface area (TPSA) is 85.4 Å². The average Bonchev–Trinajstić information content (AvgIpc) is 2.88. The number of hydrogen-bond donors (Lipinski definition) is 3. The number of aliphatic hydroxyl groups excluding tert-OH is 1. The number of hydrogen-bond acceptors (Lipinski definition) is 3. The molecule has 2 heterocycles. The normalized spacial score (nSPS) is 18.9. The molecule has 2 amide bonds. The fourth-order valence-corrected chi connectivity index (χ4v) is 2.22. The van der Waals surface area contributed by atoms with E-state index in [1.807, 2.05) is 4.98 Å². The number of alkyl halides is 3. The summed E-state index contributed by atoms with van der Waals surface area (Å²) in [5.74, 6) is 0. The molecule has 1 saturated heterocycles. The third-order valence-electron chi connectivity index (χ3n) is 3.32. The largest absolute Gasteiger partial charge is 0.417 e. The van der Waals surface area contributed by atoms with Crippen molar-refractivity contribution in [2.75, 3.05) is 18.5 Å². The highest BCUT2D eigenvalue weighted by molar-refractivity contribution is 5.89. The van der Waals surface area contributed by atoms with E-state index < -0.39 is 29.0 Å². The number of likely N-dealkylation sites (tertiary alicyclic amines) is 1. The number of pyridine rings is 1. The molecule has 1 aromatic heterocycles. The van der Waals surface area contributed by atoms with Gasteiger partial charge in [-0.05, 0) is 18.9 Å². The molecule has 0 saturated carbocycles. The number of carbonyl (C=O) groups is 1. The molecule has 1 atom stereocenters. The van der Waals surface area contributed by atoms with Gasteiger partial charge in [-0.2, -0.15) is 13.2 Å². The molecular formula is C12H14F3N3O3. The van der Waals surface area contributed by atoms with E-state index in [0.29, 0.717) is 31.6 Å². The fraction of sp³-hybridized carbons (Fsp3) is 0.500. The lowest BCUT2D eigenvalue weighted by Gasteiger charge is -2.23. The van der Waals surface area contributed by atoms with Crippen molar-refractivity contribution < 1.29 is 23.1 Å². The van der Waals surface area contributed by atoms with Gasteiger partial charge in [0.25, 0.3) is 5.56 Å². The number of amides is 2. The molecule has 6 nitrogen and oxygen atoms in total. The highest BCUT2D eigenvalue weighted by atomic mass is 19.4. The molecule has 1 aliphatic heterocycles. The zero-order valence-corrected chi connectivity index (χ0v) is 10.9. The molecule has 0 radical (unpaired) electrons. The van der Waals surface area contributed by atoms with Crippen molar-refractivity contribution in [1.29, 1.82) is 0 Å². The Bertz CT molecular complexity index is 585. The maximum atomic E-state index is 12.6. The number of carbonyl (C=O) groups excluding carboxylic acids is 1. The fourth-order valence-electron chi connectivity index (χ4n) is 2.22. The van der Waals surface area contributed by atoms with E-state index in [2.05, 4.69) is 5.32 Å². The lowest BCUT2D eigenvalue weighted by Crippen LogP contribution is -2.41. The zero-order valence-electron chi connectivity index (χ0n) is 10.9. The Hall–Kier alpha value is -2.03. The van der Waals surface area contributed by atoms with Gasteiger partial charge < -0.3 is 20.3 Å². The number of H-pyrrole nitrogens is 1. The number of urea groups is 1. The second-order valence-electron chi connectivity index (χ2n) is 4.73. The quantitative estimate of drug-likeness (QED) is 0.771. The van der Waals surface area contributed by atoms with Crippen LogP contribution in [0.15, 0.2) is 17.1 Å². The minimum atomic E-state index is -4.62. The highest BCUT2D eigenvalue weighted by Gasteiger charge is 2.32. The number of anilines is 1. The van der Waals surface area contributed by atoms with Crippen LogP contribution in [0.2, 0.25) is 0 Å². The first-order chi connectivity index (χ1) is 9.82. The van der Waals surface area contributed by atoms with Crippen LogP contribution in [0.3, 0.4) is 0 Å². The Labute approximate surface area is 117 Å². The summed E-state index contributed by atoms with van der Waals surface area (Å²) >= 11 is 0. The third-order valence-corrected chi connectivity index (χ3v) is 3.32. The summed E-state index contributed by atoms with van der Waals surface area (Å²) in [6.07, 6.45) is -2.77. The van der Waals surface area contributed by atoms with Crippen molar-refractivity contribution in [2.45, 2.75) is 25.1 Å². The summed E-state index contributed by atoms with van der Waals surface area (Å²) in [5, 5.41) is 11.3. The third kappa shape index (κ3) is 3.35. The van der Waals surface area contributed by atoms with E-state index in [1.54, 1.807) is 0 Å². The minimum absolute atomic E-state index is 0.230. The van der Waals surface area contributed by atoms with Crippen molar-refractivity contribution in [2.24, 2.45) is 0 Å². The highest BCUT2D eigenvalue weighted by Crippen LogP contribution is 2.29. The zero-order chi connectivity index (χ0) is 15.6. The molecule has 1 fully saturated rings. The Balaban J connectivity index is 2.19. The Morgan fingerprint density at radius 1 is 1.52 bits per heavy atom. The van der Waals surface area contributed by atoms with Gasteiger partial charge in [0.1, 0.15) is 5.69 Å². The number of aliphatic hydroxyl groups is 1. The van der Waals surface area contributed by atoms with Crippen LogP contribution in [0.1, 0.15) is 18.4 Å². The first-order valence-electron chi connectivity index (χ1n) is 6.31. The molecule has 2 rings (SSSR count). The van der Waals surface area contributed by atoms with Gasteiger partial charge in [0, 0.05) is 12.7 Å². The minimum Gasteiger partial charge on any atom is -0.394 e. The number of aromatic nitrogens is 1. The number of rotatable bonds is 2. The van der Waals surface area contributed by atoms with Crippen molar-refractivity contribution in [3.63, 3.8) is 0 Å². The maximum Gasteiger partial charge on any atom is 0.417 e. The SMILES string of the molecule is O=C(Nc1cc(C(F)(F)F)c[nH]c1=O)N1CCC[C@H]1CO.